The van der Waals surface area contributed by atoms with Crippen molar-refractivity contribution in [2.24, 2.45) is 0 Å². The number of halogens is 1. The number of aryl methyl sites for hydroxylation is 1. The van der Waals surface area contributed by atoms with Gasteiger partial charge in [-0.3, -0.25) is 0 Å². The lowest BCUT2D eigenvalue weighted by Crippen LogP contribution is -2.30. The first-order chi connectivity index (χ1) is 10.1. The summed E-state index contributed by atoms with van der Waals surface area (Å²) in [6.45, 7) is 2.87. The minimum absolute atomic E-state index is 0.254. The van der Waals surface area contributed by atoms with Crippen LogP contribution < -0.4 is 5.32 Å². The summed E-state index contributed by atoms with van der Waals surface area (Å²) in [5.74, 6) is -0.254. The SMILES string of the molecule is CCc1ccc(CN(C)C(=S)Nc2ccc(F)cc2)cc1. The Labute approximate surface area is 130 Å². The lowest BCUT2D eigenvalue weighted by molar-refractivity contribution is 0.508. The molecule has 0 aromatic heterocycles. The topological polar surface area (TPSA) is 15.3 Å². The van der Waals surface area contributed by atoms with E-state index in [9.17, 15) is 4.39 Å². The van der Waals surface area contributed by atoms with Crippen molar-refractivity contribution in [3.8, 4) is 0 Å². The minimum atomic E-state index is -0.254. The van der Waals surface area contributed by atoms with E-state index in [4.69, 9.17) is 12.2 Å². The molecule has 0 atom stereocenters. The Morgan fingerprint density at radius 1 is 1.05 bits per heavy atom. The third-order valence-electron chi connectivity index (χ3n) is 3.29. The summed E-state index contributed by atoms with van der Waals surface area (Å²) in [5.41, 5.74) is 3.32. The van der Waals surface area contributed by atoms with Gasteiger partial charge in [0.1, 0.15) is 5.82 Å². The summed E-state index contributed by atoms with van der Waals surface area (Å²) in [4.78, 5) is 1.96. The molecule has 2 aromatic rings. The number of benzene rings is 2. The van der Waals surface area contributed by atoms with Crippen molar-refractivity contribution in [3.05, 3.63) is 65.5 Å². The van der Waals surface area contributed by atoms with Crippen LogP contribution in [0.5, 0.6) is 0 Å². The summed E-state index contributed by atoms with van der Waals surface area (Å²) < 4.78 is 12.9. The molecule has 0 amide bonds. The normalized spacial score (nSPS) is 10.2. The number of hydrogen-bond acceptors (Lipinski definition) is 1. The lowest BCUT2D eigenvalue weighted by atomic mass is 10.1. The van der Waals surface area contributed by atoms with Crippen molar-refractivity contribution in [1.29, 1.82) is 0 Å². The van der Waals surface area contributed by atoms with Gasteiger partial charge in [0.2, 0.25) is 0 Å². The van der Waals surface area contributed by atoms with E-state index in [-0.39, 0.29) is 5.82 Å². The minimum Gasteiger partial charge on any atom is -0.348 e. The molecule has 0 radical (unpaired) electrons. The van der Waals surface area contributed by atoms with E-state index < -0.39 is 0 Å². The summed E-state index contributed by atoms with van der Waals surface area (Å²) in [6, 6.07) is 14.7. The van der Waals surface area contributed by atoms with Crippen molar-refractivity contribution in [2.45, 2.75) is 19.9 Å². The highest BCUT2D eigenvalue weighted by atomic mass is 32.1. The Kier molecular flexibility index (Phi) is 5.28. The predicted octanol–water partition coefficient (Wildman–Crippen LogP) is 4.22. The first kappa shape index (κ1) is 15.4. The van der Waals surface area contributed by atoms with Crippen molar-refractivity contribution in [2.75, 3.05) is 12.4 Å². The molecule has 110 valence electrons. The number of nitrogens with one attached hydrogen (secondary N) is 1. The second kappa shape index (κ2) is 7.18. The molecule has 0 unspecified atom stereocenters. The molecule has 0 saturated carbocycles. The molecule has 21 heavy (non-hydrogen) atoms. The van der Waals surface area contributed by atoms with E-state index in [1.807, 2.05) is 11.9 Å². The van der Waals surface area contributed by atoms with Crippen molar-refractivity contribution >= 4 is 23.0 Å². The fourth-order valence-electron chi connectivity index (χ4n) is 1.98. The van der Waals surface area contributed by atoms with Gasteiger partial charge in [-0.25, -0.2) is 4.39 Å². The smallest absolute Gasteiger partial charge is 0.173 e. The molecule has 0 heterocycles. The van der Waals surface area contributed by atoms with Crippen molar-refractivity contribution < 1.29 is 4.39 Å². The van der Waals surface area contributed by atoms with E-state index in [0.717, 1.165) is 18.7 Å². The summed E-state index contributed by atoms with van der Waals surface area (Å²) in [7, 11) is 1.94. The van der Waals surface area contributed by atoms with Crippen LogP contribution in [0.2, 0.25) is 0 Å². The number of hydrogen-bond donors (Lipinski definition) is 1. The van der Waals surface area contributed by atoms with Gasteiger partial charge < -0.3 is 10.2 Å². The van der Waals surface area contributed by atoms with Gasteiger partial charge >= 0.3 is 0 Å². The molecule has 0 fully saturated rings. The molecule has 0 bridgehead atoms. The average molecular weight is 302 g/mol. The molecule has 0 saturated heterocycles. The molecule has 2 aromatic carbocycles. The summed E-state index contributed by atoms with van der Waals surface area (Å²) in [6.07, 6.45) is 1.04. The molecular weight excluding hydrogens is 283 g/mol. The maximum absolute atomic E-state index is 12.9. The van der Waals surface area contributed by atoms with E-state index in [2.05, 4.69) is 36.5 Å². The molecule has 2 rings (SSSR count). The number of thiocarbonyl (C=S) groups is 1. The highest BCUT2D eigenvalue weighted by Gasteiger charge is 2.06. The van der Waals surface area contributed by atoms with Crippen molar-refractivity contribution in [1.82, 2.24) is 4.90 Å². The highest BCUT2D eigenvalue weighted by Crippen LogP contribution is 2.11. The second-order valence-electron chi connectivity index (χ2n) is 4.96. The van der Waals surface area contributed by atoms with Crippen LogP contribution in [-0.4, -0.2) is 17.1 Å². The van der Waals surface area contributed by atoms with Crippen LogP contribution in [0.3, 0.4) is 0 Å². The molecule has 0 spiro atoms. The molecule has 2 nitrogen and oxygen atoms in total. The highest BCUT2D eigenvalue weighted by molar-refractivity contribution is 7.80. The fourth-order valence-corrected chi connectivity index (χ4v) is 2.16. The van der Waals surface area contributed by atoms with Crippen molar-refractivity contribution in [3.63, 3.8) is 0 Å². The van der Waals surface area contributed by atoms with E-state index >= 15 is 0 Å². The first-order valence-electron chi connectivity index (χ1n) is 6.94. The maximum Gasteiger partial charge on any atom is 0.173 e. The summed E-state index contributed by atoms with van der Waals surface area (Å²) in [5, 5.41) is 3.71. The Balaban J connectivity index is 1.93. The van der Waals surface area contributed by atoms with Crippen LogP contribution in [0.4, 0.5) is 10.1 Å². The van der Waals surface area contributed by atoms with E-state index in [1.54, 1.807) is 12.1 Å². The molecule has 0 aliphatic carbocycles. The monoisotopic (exact) mass is 302 g/mol. The molecule has 1 N–H and O–H groups in total. The van der Waals surface area contributed by atoms with Crippen LogP contribution in [0, 0.1) is 5.82 Å². The Morgan fingerprint density at radius 2 is 1.62 bits per heavy atom. The second-order valence-corrected chi connectivity index (χ2v) is 5.35. The van der Waals surface area contributed by atoms with Crippen LogP contribution in [-0.2, 0) is 13.0 Å². The largest absolute Gasteiger partial charge is 0.348 e. The van der Waals surface area contributed by atoms with Gasteiger partial charge in [0.25, 0.3) is 0 Å². The van der Waals surface area contributed by atoms with Gasteiger partial charge in [0.15, 0.2) is 5.11 Å². The van der Waals surface area contributed by atoms with E-state index in [0.29, 0.717) is 5.11 Å². The average Bonchev–Trinajstić information content (AvgIpc) is 2.50. The van der Waals surface area contributed by atoms with Gasteiger partial charge in [-0.2, -0.15) is 0 Å². The number of anilines is 1. The zero-order valence-corrected chi connectivity index (χ0v) is 13.1. The maximum atomic E-state index is 12.9. The third kappa shape index (κ3) is 4.53. The zero-order valence-electron chi connectivity index (χ0n) is 12.3. The first-order valence-corrected chi connectivity index (χ1v) is 7.35. The Morgan fingerprint density at radius 3 is 2.19 bits per heavy atom. The van der Waals surface area contributed by atoms with Gasteiger partial charge in [-0.05, 0) is 54.0 Å². The molecule has 0 aliphatic rings. The van der Waals surface area contributed by atoms with Gasteiger partial charge in [-0.1, -0.05) is 31.2 Å². The van der Waals surface area contributed by atoms with Crippen LogP contribution >= 0.6 is 12.2 Å². The van der Waals surface area contributed by atoms with Crippen LogP contribution in [0.25, 0.3) is 0 Å². The zero-order chi connectivity index (χ0) is 15.2. The third-order valence-corrected chi connectivity index (χ3v) is 3.71. The Bertz CT molecular complexity index is 593. The molecule has 4 heteroatoms. The predicted molar refractivity (Wildman–Crippen MR) is 89.9 cm³/mol. The number of rotatable bonds is 4. The van der Waals surface area contributed by atoms with Gasteiger partial charge in [0.05, 0.1) is 0 Å². The standard InChI is InChI=1S/C17H19FN2S/c1-3-13-4-6-14(7-5-13)12-20(2)17(21)19-16-10-8-15(18)9-11-16/h4-11H,3,12H2,1-2H3,(H,19,21). The summed E-state index contributed by atoms with van der Waals surface area (Å²) >= 11 is 5.36. The fraction of sp³-hybridized carbons (Fsp3) is 0.235. The van der Waals surface area contributed by atoms with Crippen LogP contribution in [0.1, 0.15) is 18.1 Å². The number of nitrogens with zero attached hydrogens (tertiary/aromatic N) is 1. The molecule has 0 aliphatic heterocycles. The van der Waals surface area contributed by atoms with Crippen LogP contribution in [0.15, 0.2) is 48.5 Å². The Hall–Kier alpha value is -1.94. The van der Waals surface area contributed by atoms with Gasteiger partial charge in [-0.15, -0.1) is 0 Å². The quantitative estimate of drug-likeness (QED) is 0.851. The van der Waals surface area contributed by atoms with Gasteiger partial charge in [0, 0.05) is 19.3 Å². The molecular formula is C17H19FN2S. The van der Waals surface area contributed by atoms with E-state index in [1.165, 1.54) is 23.3 Å². The lowest BCUT2D eigenvalue weighted by Gasteiger charge is -2.21.